The zero-order chi connectivity index (χ0) is 16.1. The number of carbonyl (C=O) groups excluding carboxylic acids is 1. The smallest absolute Gasteiger partial charge is 0.228 e. The Morgan fingerprint density at radius 1 is 1.30 bits per heavy atom. The van der Waals surface area contributed by atoms with Gasteiger partial charge in [-0.1, -0.05) is 0 Å². The van der Waals surface area contributed by atoms with E-state index in [-0.39, 0.29) is 5.91 Å². The van der Waals surface area contributed by atoms with Crippen molar-refractivity contribution in [2.75, 3.05) is 51.4 Å². The van der Waals surface area contributed by atoms with Gasteiger partial charge in [-0.2, -0.15) is 4.98 Å². The lowest BCUT2D eigenvalue weighted by Gasteiger charge is -2.33. The molecule has 0 saturated carbocycles. The molecule has 0 aromatic carbocycles. The number of rotatable bonds is 4. The molecule has 1 aromatic heterocycles. The summed E-state index contributed by atoms with van der Waals surface area (Å²) in [6, 6.07) is 1.75. The van der Waals surface area contributed by atoms with Crippen LogP contribution in [0.1, 0.15) is 19.3 Å². The van der Waals surface area contributed by atoms with E-state index >= 15 is 0 Å². The van der Waals surface area contributed by atoms with E-state index in [1.807, 2.05) is 4.90 Å². The van der Waals surface area contributed by atoms with Crippen LogP contribution in [0.15, 0.2) is 12.3 Å². The molecule has 0 aliphatic carbocycles. The number of amides is 1. The molecule has 0 N–H and O–H groups in total. The molecule has 0 radical (unpaired) electrons. The first kappa shape index (κ1) is 16.0. The fraction of sp³-hybridized carbons (Fsp3) is 0.688. The van der Waals surface area contributed by atoms with Crippen LogP contribution >= 0.6 is 0 Å². The first-order valence-electron chi connectivity index (χ1n) is 8.24. The van der Waals surface area contributed by atoms with Gasteiger partial charge in [-0.15, -0.1) is 0 Å². The van der Waals surface area contributed by atoms with Gasteiger partial charge in [0.15, 0.2) is 0 Å². The number of methoxy groups -OCH3 is 1. The lowest BCUT2D eigenvalue weighted by atomic mass is 9.93. The topological polar surface area (TPSA) is 67.8 Å². The molecular weight excluding hydrogens is 296 g/mol. The molecule has 2 aliphatic rings. The summed E-state index contributed by atoms with van der Waals surface area (Å²) in [5.41, 5.74) is 0. The van der Waals surface area contributed by atoms with E-state index in [0.29, 0.717) is 37.4 Å². The second kappa shape index (κ2) is 7.59. The first-order chi connectivity index (χ1) is 11.3. The van der Waals surface area contributed by atoms with Crippen molar-refractivity contribution in [2.45, 2.75) is 19.3 Å². The molecule has 0 atom stereocenters. The Bertz CT molecular complexity index is 526. The minimum Gasteiger partial charge on any atom is -0.481 e. The molecule has 7 nitrogen and oxygen atoms in total. The van der Waals surface area contributed by atoms with Crippen LogP contribution in [-0.2, 0) is 9.53 Å². The Kier molecular flexibility index (Phi) is 5.27. The molecule has 1 amide bonds. The van der Waals surface area contributed by atoms with Crippen molar-refractivity contribution in [3.05, 3.63) is 12.3 Å². The van der Waals surface area contributed by atoms with E-state index in [9.17, 15) is 4.79 Å². The standard InChI is InChI=1S/C16H24N4O3/c1-22-14-2-5-17-16(18-14)20-6-3-13(4-7-20)12-15(21)19-8-10-23-11-9-19/h2,5,13H,3-4,6-12H2,1H3. The lowest BCUT2D eigenvalue weighted by molar-refractivity contribution is -0.136. The van der Waals surface area contributed by atoms with Crippen LogP contribution in [0.5, 0.6) is 5.88 Å². The van der Waals surface area contributed by atoms with Gasteiger partial charge in [-0.3, -0.25) is 4.79 Å². The van der Waals surface area contributed by atoms with Crippen molar-refractivity contribution >= 4 is 11.9 Å². The maximum atomic E-state index is 12.3. The summed E-state index contributed by atoms with van der Waals surface area (Å²) in [6.07, 6.45) is 4.36. The SMILES string of the molecule is COc1ccnc(N2CCC(CC(=O)N3CCOCC3)CC2)n1. The summed E-state index contributed by atoms with van der Waals surface area (Å²) in [5.74, 6) is 2.01. The first-order valence-corrected chi connectivity index (χ1v) is 8.24. The predicted molar refractivity (Wildman–Crippen MR) is 85.5 cm³/mol. The van der Waals surface area contributed by atoms with Crippen LogP contribution < -0.4 is 9.64 Å². The number of hydrogen-bond acceptors (Lipinski definition) is 6. The molecule has 7 heteroatoms. The Labute approximate surface area is 136 Å². The lowest BCUT2D eigenvalue weighted by Crippen LogP contribution is -2.42. The fourth-order valence-electron chi connectivity index (χ4n) is 3.12. The third-order valence-electron chi connectivity index (χ3n) is 4.55. The Morgan fingerprint density at radius 2 is 2.04 bits per heavy atom. The zero-order valence-electron chi connectivity index (χ0n) is 13.6. The molecular formula is C16H24N4O3. The van der Waals surface area contributed by atoms with E-state index in [1.54, 1.807) is 19.4 Å². The maximum Gasteiger partial charge on any atom is 0.228 e. The van der Waals surface area contributed by atoms with Crippen molar-refractivity contribution < 1.29 is 14.3 Å². The summed E-state index contributed by atoms with van der Waals surface area (Å²) in [4.78, 5) is 25.1. The van der Waals surface area contributed by atoms with Crippen molar-refractivity contribution in [1.82, 2.24) is 14.9 Å². The zero-order valence-corrected chi connectivity index (χ0v) is 13.6. The predicted octanol–water partition coefficient (Wildman–Crippen LogP) is 0.950. The summed E-state index contributed by atoms with van der Waals surface area (Å²) < 4.78 is 10.4. The molecule has 2 aliphatic heterocycles. The van der Waals surface area contributed by atoms with Crippen LogP contribution in [0.4, 0.5) is 5.95 Å². The van der Waals surface area contributed by atoms with Crippen molar-refractivity contribution in [3.63, 3.8) is 0 Å². The van der Waals surface area contributed by atoms with Crippen LogP contribution in [0.25, 0.3) is 0 Å². The molecule has 3 heterocycles. The second-order valence-corrected chi connectivity index (χ2v) is 6.03. The van der Waals surface area contributed by atoms with Gasteiger partial charge in [0.05, 0.1) is 20.3 Å². The molecule has 2 fully saturated rings. The monoisotopic (exact) mass is 320 g/mol. The van der Waals surface area contributed by atoms with Crippen molar-refractivity contribution in [3.8, 4) is 5.88 Å². The minimum atomic E-state index is 0.268. The maximum absolute atomic E-state index is 12.3. The number of piperidine rings is 1. The molecule has 0 spiro atoms. The van der Waals surface area contributed by atoms with Gasteiger partial charge >= 0.3 is 0 Å². The second-order valence-electron chi connectivity index (χ2n) is 6.03. The van der Waals surface area contributed by atoms with Gasteiger partial charge in [0.1, 0.15) is 0 Å². The number of anilines is 1. The molecule has 23 heavy (non-hydrogen) atoms. The largest absolute Gasteiger partial charge is 0.481 e. The van der Waals surface area contributed by atoms with Crippen LogP contribution in [0.3, 0.4) is 0 Å². The highest BCUT2D eigenvalue weighted by atomic mass is 16.5. The molecule has 0 unspecified atom stereocenters. The Hall–Kier alpha value is -1.89. The van der Waals surface area contributed by atoms with Gasteiger partial charge in [-0.25, -0.2) is 4.98 Å². The molecule has 1 aromatic rings. The van der Waals surface area contributed by atoms with E-state index in [0.717, 1.165) is 39.0 Å². The number of morpholine rings is 1. The average molecular weight is 320 g/mol. The van der Waals surface area contributed by atoms with E-state index in [2.05, 4.69) is 14.9 Å². The summed E-state index contributed by atoms with van der Waals surface area (Å²) >= 11 is 0. The molecule has 2 saturated heterocycles. The van der Waals surface area contributed by atoms with Crippen molar-refractivity contribution in [2.24, 2.45) is 5.92 Å². The third kappa shape index (κ3) is 4.10. The normalized spacial score (nSPS) is 19.7. The third-order valence-corrected chi connectivity index (χ3v) is 4.55. The quantitative estimate of drug-likeness (QED) is 0.823. The average Bonchev–Trinajstić information content (AvgIpc) is 2.63. The summed E-state index contributed by atoms with van der Waals surface area (Å²) in [5, 5.41) is 0. The van der Waals surface area contributed by atoms with Gasteiger partial charge in [-0.05, 0) is 18.8 Å². The van der Waals surface area contributed by atoms with Gasteiger partial charge in [0, 0.05) is 44.9 Å². The van der Waals surface area contributed by atoms with Gasteiger partial charge < -0.3 is 19.3 Å². The van der Waals surface area contributed by atoms with Crippen LogP contribution in [0, 0.1) is 5.92 Å². The van der Waals surface area contributed by atoms with E-state index < -0.39 is 0 Å². The Morgan fingerprint density at radius 3 is 2.74 bits per heavy atom. The highest BCUT2D eigenvalue weighted by Gasteiger charge is 2.25. The molecule has 0 bridgehead atoms. The number of nitrogens with zero attached hydrogens (tertiary/aromatic N) is 4. The van der Waals surface area contributed by atoms with Crippen LogP contribution in [0.2, 0.25) is 0 Å². The number of hydrogen-bond donors (Lipinski definition) is 0. The number of carbonyl (C=O) groups is 1. The van der Waals surface area contributed by atoms with Gasteiger partial charge in [0.2, 0.25) is 17.7 Å². The van der Waals surface area contributed by atoms with Crippen LogP contribution in [-0.4, -0.2) is 67.3 Å². The summed E-state index contributed by atoms with van der Waals surface area (Å²) in [7, 11) is 1.61. The molecule has 3 rings (SSSR count). The van der Waals surface area contributed by atoms with E-state index in [4.69, 9.17) is 9.47 Å². The number of ether oxygens (including phenoxy) is 2. The van der Waals surface area contributed by atoms with E-state index in [1.165, 1.54) is 0 Å². The highest BCUT2D eigenvalue weighted by Crippen LogP contribution is 2.24. The van der Waals surface area contributed by atoms with Crippen molar-refractivity contribution in [1.29, 1.82) is 0 Å². The number of aromatic nitrogens is 2. The highest BCUT2D eigenvalue weighted by molar-refractivity contribution is 5.76. The molecule has 126 valence electrons. The minimum absolute atomic E-state index is 0.268. The van der Waals surface area contributed by atoms with Gasteiger partial charge in [0.25, 0.3) is 0 Å². The summed E-state index contributed by atoms with van der Waals surface area (Å²) in [6.45, 7) is 4.56. The Balaban J connectivity index is 1.49. The fourth-order valence-corrected chi connectivity index (χ4v) is 3.12.